The zero-order valence-corrected chi connectivity index (χ0v) is 21.3. The zero-order chi connectivity index (χ0) is 26.3. The molecular weight excluding hydrogens is 474 g/mol. The summed E-state index contributed by atoms with van der Waals surface area (Å²) >= 11 is 0. The number of carbonyl (C=O) groups excluding carboxylic acids is 3. The fraction of sp³-hybridized carbons (Fsp3) is 0.385. The number of carbonyl (C=O) groups is 3. The SMILES string of the molecule is COc1cnc(-n2cnc(C)n2)c2[nH]cc(C(=O)C(=O)N3CCN(C(=O)C4=CCC(C)C=C4)[C@H](C)C3)c12. The second-order valence-corrected chi connectivity index (χ2v) is 9.50. The summed E-state index contributed by atoms with van der Waals surface area (Å²) in [5.41, 5.74) is 1.38. The molecule has 11 nitrogen and oxygen atoms in total. The van der Waals surface area contributed by atoms with Crippen molar-refractivity contribution in [1.82, 2.24) is 34.5 Å². The topological polar surface area (TPSA) is 126 Å². The van der Waals surface area contributed by atoms with Gasteiger partial charge < -0.3 is 19.5 Å². The maximum absolute atomic E-state index is 13.4. The van der Waals surface area contributed by atoms with Gasteiger partial charge >= 0.3 is 0 Å². The van der Waals surface area contributed by atoms with Crippen LogP contribution in [0.15, 0.2) is 42.5 Å². The van der Waals surface area contributed by atoms with E-state index in [2.05, 4.69) is 27.0 Å². The number of nitrogens with one attached hydrogen (secondary N) is 1. The number of H-pyrrole nitrogens is 1. The molecule has 192 valence electrons. The Kier molecular flexibility index (Phi) is 6.36. The smallest absolute Gasteiger partial charge is 0.295 e. The first kappa shape index (κ1) is 24.4. The number of hydrogen-bond donors (Lipinski definition) is 1. The van der Waals surface area contributed by atoms with Gasteiger partial charge in [-0.15, -0.1) is 0 Å². The minimum atomic E-state index is -0.657. The number of aryl methyl sites for hydroxylation is 1. The molecule has 4 heterocycles. The Bertz CT molecular complexity index is 1450. The number of methoxy groups -OCH3 is 1. The summed E-state index contributed by atoms with van der Waals surface area (Å²) < 4.78 is 6.96. The van der Waals surface area contributed by atoms with E-state index < -0.39 is 11.7 Å². The number of nitrogens with zero attached hydrogens (tertiary/aromatic N) is 6. The van der Waals surface area contributed by atoms with Crippen molar-refractivity contribution >= 4 is 28.5 Å². The number of hydrogen-bond acceptors (Lipinski definition) is 7. The van der Waals surface area contributed by atoms with Crippen LogP contribution < -0.4 is 4.74 Å². The van der Waals surface area contributed by atoms with Crippen LogP contribution in [0.5, 0.6) is 5.75 Å². The average molecular weight is 504 g/mol. The van der Waals surface area contributed by atoms with Crippen LogP contribution >= 0.6 is 0 Å². The number of allylic oxidation sites excluding steroid dienone is 2. The van der Waals surface area contributed by atoms with E-state index in [1.807, 2.05) is 25.2 Å². The third kappa shape index (κ3) is 4.41. The third-order valence-corrected chi connectivity index (χ3v) is 6.87. The van der Waals surface area contributed by atoms with Crippen molar-refractivity contribution in [3.8, 4) is 11.6 Å². The molecule has 2 aliphatic rings. The van der Waals surface area contributed by atoms with Gasteiger partial charge in [-0.2, -0.15) is 5.10 Å². The maximum Gasteiger partial charge on any atom is 0.295 e. The fourth-order valence-electron chi connectivity index (χ4n) is 4.81. The first-order valence-corrected chi connectivity index (χ1v) is 12.2. The number of Topliss-reactive ketones (excluding diaryl/α,β-unsaturated/α-hetero) is 1. The number of pyridine rings is 1. The molecular formula is C26H29N7O4. The minimum Gasteiger partial charge on any atom is -0.494 e. The summed E-state index contributed by atoms with van der Waals surface area (Å²) in [6, 6.07) is -0.226. The molecule has 0 spiro atoms. The van der Waals surface area contributed by atoms with Crippen molar-refractivity contribution in [3.05, 3.63) is 53.9 Å². The molecule has 1 aliphatic carbocycles. The lowest BCUT2D eigenvalue weighted by molar-refractivity contribution is -0.137. The summed E-state index contributed by atoms with van der Waals surface area (Å²) in [5, 5.41) is 4.75. The number of amides is 2. The van der Waals surface area contributed by atoms with Gasteiger partial charge in [0.15, 0.2) is 5.82 Å². The molecule has 0 bridgehead atoms. The van der Waals surface area contributed by atoms with Crippen LogP contribution in [-0.4, -0.2) is 84.9 Å². The Morgan fingerprint density at radius 3 is 2.62 bits per heavy atom. The maximum atomic E-state index is 13.4. The van der Waals surface area contributed by atoms with Crippen molar-refractivity contribution in [2.75, 3.05) is 26.7 Å². The van der Waals surface area contributed by atoms with Gasteiger partial charge in [0, 0.05) is 37.4 Å². The summed E-state index contributed by atoms with van der Waals surface area (Å²) in [5.74, 6) is 0.464. The van der Waals surface area contributed by atoms with Crippen LogP contribution in [0.4, 0.5) is 0 Å². The van der Waals surface area contributed by atoms with Gasteiger partial charge in [0.2, 0.25) is 0 Å². The molecule has 1 aliphatic heterocycles. The number of ether oxygens (including phenoxy) is 1. The lowest BCUT2D eigenvalue weighted by Gasteiger charge is -2.40. The minimum absolute atomic E-state index is 0.0428. The van der Waals surface area contributed by atoms with E-state index in [0.717, 1.165) is 6.42 Å². The quantitative estimate of drug-likeness (QED) is 0.418. The predicted molar refractivity (Wildman–Crippen MR) is 135 cm³/mol. The molecule has 2 atom stereocenters. The highest BCUT2D eigenvalue weighted by molar-refractivity contribution is 6.45. The van der Waals surface area contributed by atoms with E-state index in [1.54, 1.807) is 11.8 Å². The van der Waals surface area contributed by atoms with Crippen LogP contribution in [-0.2, 0) is 9.59 Å². The van der Waals surface area contributed by atoms with Crippen LogP contribution in [0.3, 0.4) is 0 Å². The molecule has 5 rings (SSSR count). The van der Waals surface area contributed by atoms with Crippen LogP contribution in [0.1, 0.15) is 36.5 Å². The Balaban J connectivity index is 1.36. The molecule has 3 aromatic rings. The molecule has 37 heavy (non-hydrogen) atoms. The van der Waals surface area contributed by atoms with Gasteiger partial charge in [0.05, 0.1) is 29.8 Å². The Hall–Kier alpha value is -4.28. The fourth-order valence-corrected chi connectivity index (χ4v) is 4.81. The van der Waals surface area contributed by atoms with Crippen molar-refractivity contribution in [1.29, 1.82) is 0 Å². The number of aromatic amines is 1. The molecule has 0 saturated carbocycles. The third-order valence-electron chi connectivity index (χ3n) is 6.87. The molecule has 1 fully saturated rings. The largest absolute Gasteiger partial charge is 0.494 e. The Morgan fingerprint density at radius 1 is 1.16 bits per heavy atom. The van der Waals surface area contributed by atoms with E-state index >= 15 is 0 Å². The second-order valence-electron chi connectivity index (χ2n) is 9.50. The first-order valence-electron chi connectivity index (χ1n) is 12.2. The molecule has 0 aromatic carbocycles. The van der Waals surface area contributed by atoms with Gasteiger partial charge in [-0.1, -0.05) is 25.2 Å². The van der Waals surface area contributed by atoms with E-state index in [4.69, 9.17) is 4.74 Å². The monoisotopic (exact) mass is 503 g/mol. The highest BCUT2D eigenvalue weighted by Gasteiger charge is 2.35. The Morgan fingerprint density at radius 2 is 1.97 bits per heavy atom. The summed E-state index contributed by atoms with van der Waals surface area (Å²) in [6.45, 7) is 6.67. The number of ketones is 1. The van der Waals surface area contributed by atoms with E-state index in [0.29, 0.717) is 46.3 Å². The van der Waals surface area contributed by atoms with E-state index in [9.17, 15) is 14.4 Å². The van der Waals surface area contributed by atoms with E-state index in [1.165, 1.54) is 35.4 Å². The molecule has 1 N–H and O–H groups in total. The van der Waals surface area contributed by atoms with Gasteiger partial charge in [-0.25, -0.2) is 14.6 Å². The van der Waals surface area contributed by atoms with Gasteiger partial charge in [0.1, 0.15) is 17.9 Å². The molecule has 2 amide bonds. The predicted octanol–water partition coefficient (Wildman–Crippen LogP) is 2.23. The van der Waals surface area contributed by atoms with Gasteiger partial charge in [-0.3, -0.25) is 14.4 Å². The van der Waals surface area contributed by atoms with Crippen molar-refractivity contribution < 1.29 is 19.1 Å². The molecule has 0 radical (unpaired) electrons. The Labute approximate surface area is 213 Å². The lowest BCUT2D eigenvalue weighted by atomic mass is 9.97. The number of rotatable bonds is 5. The second kappa shape index (κ2) is 9.64. The summed E-state index contributed by atoms with van der Waals surface area (Å²) in [7, 11) is 1.48. The van der Waals surface area contributed by atoms with E-state index in [-0.39, 0.29) is 30.6 Å². The normalized spacial score (nSPS) is 19.7. The van der Waals surface area contributed by atoms with Crippen LogP contribution in [0.25, 0.3) is 16.7 Å². The van der Waals surface area contributed by atoms with Crippen LogP contribution in [0, 0.1) is 12.8 Å². The van der Waals surface area contributed by atoms with Crippen LogP contribution in [0.2, 0.25) is 0 Å². The highest BCUT2D eigenvalue weighted by Crippen LogP contribution is 2.32. The first-order chi connectivity index (χ1) is 17.8. The lowest BCUT2D eigenvalue weighted by Crippen LogP contribution is -2.56. The van der Waals surface area contributed by atoms with Crippen molar-refractivity contribution in [3.63, 3.8) is 0 Å². The molecule has 1 unspecified atom stereocenters. The molecule has 1 saturated heterocycles. The summed E-state index contributed by atoms with van der Waals surface area (Å²) in [4.78, 5) is 54.6. The van der Waals surface area contributed by atoms with Crippen molar-refractivity contribution in [2.45, 2.75) is 33.2 Å². The van der Waals surface area contributed by atoms with Gasteiger partial charge in [0.25, 0.3) is 17.6 Å². The zero-order valence-electron chi connectivity index (χ0n) is 21.3. The summed E-state index contributed by atoms with van der Waals surface area (Å²) in [6.07, 6.45) is 11.2. The highest BCUT2D eigenvalue weighted by atomic mass is 16.5. The number of piperazine rings is 1. The molecule has 11 heteroatoms. The standard InChI is InChI=1S/C26H29N7O4/c1-15-5-7-18(8-6-15)25(35)32-10-9-31(13-16(32)2)26(36)23(34)19-11-27-22-21(19)20(37-4)12-28-24(22)33-14-29-17(3)30-33/h5,7-8,11-12,14-16,27H,6,9-10,13H2,1-4H3/t15?,16-/m1/s1. The molecule has 3 aromatic heterocycles. The van der Waals surface area contributed by atoms with Gasteiger partial charge in [-0.05, 0) is 26.2 Å². The average Bonchev–Trinajstić information content (AvgIpc) is 3.54. The number of fused-ring (bicyclic) bond motifs is 1. The van der Waals surface area contributed by atoms with Crippen molar-refractivity contribution in [2.24, 2.45) is 5.92 Å². The number of aromatic nitrogens is 5.